The second kappa shape index (κ2) is 7.41. The van der Waals surface area contributed by atoms with Crippen LogP contribution in [0.1, 0.15) is 0 Å². The van der Waals surface area contributed by atoms with Crippen LogP contribution in [0.2, 0.25) is 0 Å². The monoisotopic (exact) mass is 398 g/mol. The molecule has 0 unspecified atom stereocenters. The fraction of sp³-hybridized carbons (Fsp3) is 0.158. The van der Waals surface area contributed by atoms with Crippen LogP contribution in [0.3, 0.4) is 0 Å². The molecule has 3 aromatic rings. The Balaban J connectivity index is 2.21. The van der Waals surface area contributed by atoms with E-state index in [0.29, 0.717) is 11.6 Å². The first-order valence-corrected chi connectivity index (χ1v) is 8.28. The lowest BCUT2D eigenvalue weighted by atomic mass is 10.1. The molecular formula is C19H15BrN2O3. The van der Waals surface area contributed by atoms with Gasteiger partial charge in [-0.2, -0.15) is 5.26 Å². The molecule has 0 saturated carbocycles. The molecule has 0 fully saturated rings. The molecular weight excluding hydrogens is 384 g/mol. The average molecular weight is 399 g/mol. The molecule has 0 aliphatic rings. The quantitative estimate of drug-likeness (QED) is 0.628. The van der Waals surface area contributed by atoms with Crippen molar-refractivity contribution >= 4 is 26.7 Å². The minimum absolute atomic E-state index is 0.0804. The maximum absolute atomic E-state index is 8.85. The largest absolute Gasteiger partial charge is 0.497 e. The van der Waals surface area contributed by atoms with Crippen LogP contribution < -0.4 is 14.2 Å². The van der Waals surface area contributed by atoms with Crippen LogP contribution in [0.4, 0.5) is 0 Å². The maximum atomic E-state index is 8.85. The van der Waals surface area contributed by atoms with Crippen LogP contribution in [-0.2, 0) is 0 Å². The Kier molecular flexibility index (Phi) is 5.05. The van der Waals surface area contributed by atoms with Gasteiger partial charge in [0.25, 0.3) is 0 Å². The van der Waals surface area contributed by atoms with Crippen LogP contribution in [0, 0.1) is 11.3 Å². The highest BCUT2D eigenvalue weighted by molar-refractivity contribution is 9.10. The molecule has 0 spiro atoms. The van der Waals surface area contributed by atoms with Gasteiger partial charge in [0.15, 0.2) is 6.61 Å². The van der Waals surface area contributed by atoms with E-state index in [9.17, 15) is 0 Å². The summed E-state index contributed by atoms with van der Waals surface area (Å²) in [4.78, 5) is 4.62. The lowest BCUT2D eigenvalue weighted by molar-refractivity contribution is 0.358. The van der Waals surface area contributed by atoms with Gasteiger partial charge in [-0.3, -0.25) is 0 Å². The van der Waals surface area contributed by atoms with Crippen LogP contribution >= 0.6 is 15.9 Å². The van der Waals surface area contributed by atoms with E-state index in [4.69, 9.17) is 19.5 Å². The number of nitrogens with zero attached hydrogens (tertiary/aromatic N) is 2. The molecule has 126 valence electrons. The SMILES string of the molecule is COc1ccc(-c2nc(OCC#N)c3cc(OC)ccc3c2Br)cc1. The van der Waals surface area contributed by atoms with Crippen LogP contribution in [0.5, 0.6) is 17.4 Å². The highest BCUT2D eigenvalue weighted by Gasteiger charge is 2.16. The molecule has 3 rings (SSSR count). The summed E-state index contributed by atoms with van der Waals surface area (Å²) in [6.45, 7) is -0.0804. The molecule has 0 atom stereocenters. The molecule has 1 aromatic heterocycles. The Morgan fingerprint density at radius 2 is 1.68 bits per heavy atom. The van der Waals surface area contributed by atoms with Crippen molar-refractivity contribution in [2.45, 2.75) is 0 Å². The Hall–Kier alpha value is -2.78. The third-order valence-electron chi connectivity index (χ3n) is 3.75. The summed E-state index contributed by atoms with van der Waals surface area (Å²) in [5, 5.41) is 10.6. The van der Waals surface area contributed by atoms with Crippen molar-refractivity contribution in [3.63, 3.8) is 0 Å². The van der Waals surface area contributed by atoms with Gasteiger partial charge in [-0.1, -0.05) is 0 Å². The van der Waals surface area contributed by atoms with Crippen molar-refractivity contribution in [3.05, 3.63) is 46.9 Å². The van der Waals surface area contributed by atoms with Gasteiger partial charge in [0, 0.05) is 16.3 Å². The van der Waals surface area contributed by atoms with Gasteiger partial charge < -0.3 is 14.2 Å². The second-order valence-corrected chi connectivity index (χ2v) is 5.96. The summed E-state index contributed by atoms with van der Waals surface area (Å²) in [7, 11) is 3.23. The van der Waals surface area contributed by atoms with Gasteiger partial charge in [0.1, 0.15) is 17.6 Å². The number of nitriles is 1. The zero-order valence-electron chi connectivity index (χ0n) is 13.7. The van der Waals surface area contributed by atoms with E-state index in [-0.39, 0.29) is 6.61 Å². The predicted molar refractivity (Wildman–Crippen MR) is 99.1 cm³/mol. The van der Waals surface area contributed by atoms with E-state index >= 15 is 0 Å². The van der Waals surface area contributed by atoms with Gasteiger partial charge in [-0.25, -0.2) is 4.98 Å². The van der Waals surface area contributed by atoms with Gasteiger partial charge in [0.2, 0.25) is 5.88 Å². The van der Waals surface area contributed by atoms with Crippen molar-refractivity contribution in [3.8, 4) is 34.7 Å². The molecule has 2 aromatic carbocycles. The Bertz CT molecular complexity index is 950. The van der Waals surface area contributed by atoms with E-state index in [0.717, 1.165) is 32.3 Å². The van der Waals surface area contributed by atoms with Crippen LogP contribution in [-0.4, -0.2) is 25.8 Å². The molecule has 1 heterocycles. The normalized spacial score (nSPS) is 10.3. The topological polar surface area (TPSA) is 64.4 Å². The second-order valence-electron chi connectivity index (χ2n) is 5.17. The zero-order chi connectivity index (χ0) is 17.8. The maximum Gasteiger partial charge on any atom is 0.223 e. The summed E-state index contributed by atoms with van der Waals surface area (Å²) in [5.74, 6) is 1.86. The lowest BCUT2D eigenvalue weighted by Crippen LogP contribution is -2.00. The van der Waals surface area contributed by atoms with Gasteiger partial charge in [-0.15, -0.1) is 0 Å². The Morgan fingerprint density at radius 1 is 1.00 bits per heavy atom. The van der Waals surface area contributed by atoms with E-state index in [2.05, 4.69) is 20.9 Å². The fourth-order valence-electron chi connectivity index (χ4n) is 2.51. The number of fused-ring (bicyclic) bond motifs is 1. The standard InChI is InChI=1S/C19H15BrN2O3/c1-23-13-5-3-12(4-6-13)18-17(20)15-8-7-14(24-2)11-16(15)19(22-18)25-10-9-21/h3-8,11H,10H2,1-2H3. The average Bonchev–Trinajstić information content (AvgIpc) is 2.67. The number of ether oxygens (including phenoxy) is 3. The first-order chi connectivity index (χ1) is 12.2. The summed E-state index contributed by atoms with van der Waals surface area (Å²) in [6.07, 6.45) is 0. The Labute approximate surface area is 153 Å². The summed E-state index contributed by atoms with van der Waals surface area (Å²) in [6, 6.07) is 15.2. The molecule has 6 heteroatoms. The zero-order valence-corrected chi connectivity index (χ0v) is 15.3. The molecule has 25 heavy (non-hydrogen) atoms. The van der Waals surface area contributed by atoms with E-state index < -0.39 is 0 Å². The fourth-order valence-corrected chi connectivity index (χ4v) is 3.17. The van der Waals surface area contributed by atoms with Crippen molar-refractivity contribution < 1.29 is 14.2 Å². The lowest BCUT2D eigenvalue weighted by Gasteiger charge is -2.13. The molecule has 5 nitrogen and oxygen atoms in total. The molecule has 0 N–H and O–H groups in total. The number of aromatic nitrogens is 1. The first kappa shape index (κ1) is 17.1. The number of benzene rings is 2. The van der Waals surface area contributed by atoms with Crippen molar-refractivity contribution in [1.29, 1.82) is 5.26 Å². The van der Waals surface area contributed by atoms with Crippen LogP contribution in [0.25, 0.3) is 22.0 Å². The summed E-state index contributed by atoms with van der Waals surface area (Å²) in [5.41, 5.74) is 1.64. The van der Waals surface area contributed by atoms with Gasteiger partial charge in [0.05, 0.1) is 24.4 Å². The highest BCUT2D eigenvalue weighted by atomic mass is 79.9. The number of halogens is 1. The number of hydrogen-bond donors (Lipinski definition) is 0. The van der Waals surface area contributed by atoms with Crippen molar-refractivity contribution in [1.82, 2.24) is 4.98 Å². The predicted octanol–water partition coefficient (Wildman–Crippen LogP) is 4.58. The number of rotatable bonds is 5. The molecule has 0 aliphatic carbocycles. The first-order valence-electron chi connectivity index (χ1n) is 7.49. The van der Waals surface area contributed by atoms with Gasteiger partial charge in [-0.05, 0) is 58.4 Å². The van der Waals surface area contributed by atoms with Gasteiger partial charge >= 0.3 is 0 Å². The molecule has 0 amide bonds. The van der Waals surface area contributed by atoms with E-state index in [1.54, 1.807) is 14.2 Å². The Morgan fingerprint density at radius 3 is 2.32 bits per heavy atom. The van der Waals surface area contributed by atoms with Crippen LogP contribution in [0.15, 0.2) is 46.9 Å². The van der Waals surface area contributed by atoms with Crippen molar-refractivity contribution in [2.24, 2.45) is 0 Å². The minimum atomic E-state index is -0.0804. The molecule has 0 aliphatic heterocycles. The minimum Gasteiger partial charge on any atom is -0.497 e. The molecule has 0 saturated heterocycles. The number of pyridine rings is 1. The van der Waals surface area contributed by atoms with Crippen molar-refractivity contribution in [2.75, 3.05) is 20.8 Å². The molecule has 0 radical (unpaired) electrons. The number of methoxy groups -OCH3 is 2. The smallest absolute Gasteiger partial charge is 0.223 e. The van der Waals surface area contributed by atoms with E-state index in [1.807, 2.05) is 48.5 Å². The van der Waals surface area contributed by atoms with E-state index in [1.165, 1.54) is 0 Å². The molecule has 0 bridgehead atoms. The highest BCUT2D eigenvalue weighted by Crippen LogP contribution is 2.39. The summed E-state index contributed by atoms with van der Waals surface area (Å²) >= 11 is 3.65. The third-order valence-corrected chi connectivity index (χ3v) is 4.55. The number of hydrogen-bond acceptors (Lipinski definition) is 5. The third kappa shape index (κ3) is 3.37. The summed E-state index contributed by atoms with van der Waals surface area (Å²) < 4.78 is 16.9.